The fourth-order valence-corrected chi connectivity index (χ4v) is 1.11. The van der Waals surface area contributed by atoms with Crippen molar-refractivity contribution in [1.82, 2.24) is 0 Å². The van der Waals surface area contributed by atoms with Crippen molar-refractivity contribution in [3.05, 3.63) is 29.8 Å². The Hall–Kier alpha value is -1.58. The molecule has 0 aromatic heterocycles. The van der Waals surface area contributed by atoms with E-state index >= 15 is 0 Å². The second kappa shape index (κ2) is 6.01. The third-order valence-corrected chi connectivity index (χ3v) is 1.85. The number of esters is 1. The van der Waals surface area contributed by atoms with Gasteiger partial charge < -0.3 is 9.47 Å². The molecule has 0 heterocycles. The van der Waals surface area contributed by atoms with E-state index in [-0.39, 0.29) is 13.0 Å². The van der Waals surface area contributed by atoms with Gasteiger partial charge >= 0.3 is 5.97 Å². The van der Waals surface area contributed by atoms with Crippen LogP contribution < -0.4 is 4.74 Å². The maximum atomic E-state index is 11.7. The van der Waals surface area contributed by atoms with Crippen molar-refractivity contribution in [1.29, 1.82) is 0 Å². The van der Waals surface area contributed by atoms with Crippen LogP contribution in [0.4, 0.5) is 4.39 Å². The lowest BCUT2D eigenvalue weighted by atomic mass is 10.1. The van der Waals surface area contributed by atoms with Crippen LogP contribution in [0.25, 0.3) is 0 Å². The molecule has 0 saturated heterocycles. The van der Waals surface area contributed by atoms with E-state index in [0.29, 0.717) is 0 Å². The largest absolute Gasteiger partial charge is 0.497 e. The van der Waals surface area contributed by atoms with E-state index in [0.717, 1.165) is 11.3 Å². The first kappa shape index (κ1) is 11.5. The van der Waals surface area contributed by atoms with E-state index in [9.17, 15) is 9.18 Å². The third kappa shape index (κ3) is 3.97. The number of benzene rings is 1. The highest BCUT2D eigenvalue weighted by molar-refractivity contribution is 5.72. The molecule has 0 radical (unpaired) electrons. The monoisotopic (exact) mass is 212 g/mol. The number of methoxy groups -OCH3 is 1. The predicted octanol–water partition coefficient (Wildman–Crippen LogP) is 1.75. The van der Waals surface area contributed by atoms with Gasteiger partial charge in [-0.15, -0.1) is 0 Å². The van der Waals surface area contributed by atoms with Gasteiger partial charge in [-0.25, -0.2) is 4.39 Å². The van der Waals surface area contributed by atoms with Gasteiger partial charge in [0.25, 0.3) is 0 Å². The molecule has 0 fully saturated rings. The van der Waals surface area contributed by atoms with Crippen molar-refractivity contribution in [2.45, 2.75) is 6.42 Å². The minimum atomic E-state index is -0.644. The minimum Gasteiger partial charge on any atom is -0.497 e. The van der Waals surface area contributed by atoms with Gasteiger partial charge in [0.1, 0.15) is 19.0 Å². The van der Waals surface area contributed by atoms with Crippen molar-refractivity contribution in [2.24, 2.45) is 0 Å². The fraction of sp³-hybridized carbons (Fsp3) is 0.364. The minimum absolute atomic E-state index is 0.157. The Labute approximate surface area is 87.8 Å². The fourth-order valence-electron chi connectivity index (χ4n) is 1.11. The summed E-state index contributed by atoms with van der Waals surface area (Å²) in [7, 11) is 1.57. The number of hydrogen-bond donors (Lipinski definition) is 0. The highest BCUT2D eigenvalue weighted by Gasteiger charge is 2.04. The molecule has 0 spiro atoms. The van der Waals surface area contributed by atoms with Gasteiger partial charge in [0.15, 0.2) is 0 Å². The first-order valence-corrected chi connectivity index (χ1v) is 4.61. The first-order chi connectivity index (χ1) is 7.26. The maximum absolute atomic E-state index is 11.7. The van der Waals surface area contributed by atoms with Crippen molar-refractivity contribution in [2.75, 3.05) is 20.4 Å². The molecule has 0 aliphatic carbocycles. The molecule has 1 aromatic carbocycles. The summed E-state index contributed by atoms with van der Waals surface area (Å²) in [6.45, 7) is -0.816. The highest BCUT2D eigenvalue weighted by atomic mass is 19.1. The average molecular weight is 212 g/mol. The van der Waals surface area contributed by atoms with Gasteiger partial charge in [-0.05, 0) is 17.7 Å². The van der Waals surface area contributed by atoms with Gasteiger partial charge in [0.05, 0.1) is 13.5 Å². The molecule has 0 aliphatic rings. The molecular weight excluding hydrogens is 199 g/mol. The summed E-state index contributed by atoms with van der Waals surface area (Å²) in [6.07, 6.45) is 0.157. The topological polar surface area (TPSA) is 35.5 Å². The molecule has 1 rings (SSSR count). The van der Waals surface area contributed by atoms with E-state index in [2.05, 4.69) is 4.74 Å². The summed E-state index contributed by atoms with van der Waals surface area (Å²) >= 11 is 0. The van der Waals surface area contributed by atoms with Gasteiger partial charge in [0, 0.05) is 0 Å². The SMILES string of the molecule is COc1ccc(CC(=O)OCCF)cc1. The van der Waals surface area contributed by atoms with Gasteiger partial charge in [-0.3, -0.25) is 4.79 Å². The number of hydrogen-bond acceptors (Lipinski definition) is 3. The second-order valence-electron chi connectivity index (χ2n) is 2.93. The van der Waals surface area contributed by atoms with Crippen LogP contribution in [-0.4, -0.2) is 26.4 Å². The molecule has 0 atom stereocenters. The van der Waals surface area contributed by atoms with E-state index in [1.165, 1.54) is 0 Å². The average Bonchev–Trinajstić information content (AvgIpc) is 2.27. The van der Waals surface area contributed by atoms with Crippen LogP contribution in [0.1, 0.15) is 5.56 Å². The van der Waals surface area contributed by atoms with Crippen LogP contribution in [0.15, 0.2) is 24.3 Å². The Morgan fingerprint density at radius 2 is 2.00 bits per heavy atom. The van der Waals surface area contributed by atoms with Crippen molar-refractivity contribution < 1.29 is 18.7 Å². The molecule has 0 N–H and O–H groups in total. The Morgan fingerprint density at radius 1 is 1.33 bits per heavy atom. The number of rotatable bonds is 5. The number of alkyl halides is 1. The lowest BCUT2D eigenvalue weighted by Gasteiger charge is -2.03. The molecule has 0 saturated carbocycles. The molecule has 15 heavy (non-hydrogen) atoms. The van der Waals surface area contributed by atoms with Gasteiger partial charge in [-0.1, -0.05) is 12.1 Å². The van der Waals surface area contributed by atoms with Crippen LogP contribution in [0.5, 0.6) is 5.75 Å². The Morgan fingerprint density at radius 3 is 2.53 bits per heavy atom. The third-order valence-electron chi connectivity index (χ3n) is 1.85. The van der Waals surface area contributed by atoms with Crippen molar-refractivity contribution in [3.8, 4) is 5.75 Å². The van der Waals surface area contributed by atoms with Crippen molar-refractivity contribution >= 4 is 5.97 Å². The Kier molecular flexibility index (Phi) is 4.60. The van der Waals surface area contributed by atoms with E-state index in [1.54, 1.807) is 31.4 Å². The van der Waals surface area contributed by atoms with Crippen LogP contribution in [0.3, 0.4) is 0 Å². The van der Waals surface area contributed by atoms with E-state index in [1.807, 2.05) is 0 Å². The zero-order valence-corrected chi connectivity index (χ0v) is 8.53. The number of carbonyl (C=O) groups is 1. The molecule has 0 bridgehead atoms. The molecular formula is C11H13FO3. The normalized spacial score (nSPS) is 9.73. The van der Waals surface area contributed by atoms with Gasteiger partial charge in [0.2, 0.25) is 0 Å². The van der Waals surface area contributed by atoms with Gasteiger partial charge in [-0.2, -0.15) is 0 Å². The second-order valence-corrected chi connectivity index (χ2v) is 2.93. The van der Waals surface area contributed by atoms with Crippen LogP contribution >= 0.6 is 0 Å². The Balaban J connectivity index is 2.46. The molecule has 4 heteroatoms. The smallest absolute Gasteiger partial charge is 0.310 e. The number of carbonyl (C=O) groups excluding carboxylic acids is 1. The predicted molar refractivity (Wildman–Crippen MR) is 53.6 cm³/mol. The molecule has 0 aliphatic heterocycles. The Bertz CT molecular complexity index is 308. The lowest BCUT2D eigenvalue weighted by molar-refractivity contribution is -0.143. The standard InChI is InChI=1S/C11H13FO3/c1-14-10-4-2-9(3-5-10)8-11(13)15-7-6-12/h2-5H,6-8H2,1H3. The molecule has 82 valence electrons. The lowest BCUT2D eigenvalue weighted by Crippen LogP contribution is -2.09. The summed E-state index contributed by atoms with van der Waals surface area (Å²) in [5.41, 5.74) is 0.819. The highest BCUT2D eigenvalue weighted by Crippen LogP contribution is 2.11. The first-order valence-electron chi connectivity index (χ1n) is 4.61. The molecule has 1 aromatic rings. The summed E-state index contributed by atoms with van der Waals surface area (Å²) in [5.74, 6) is 0.314. The summed E-state index contributed by atoms with van der Waals surface area (Å²) in [5, 5.41) is 0. The number of halogens is 1. The zero-order valence-electron chi connectivity index (χ0n) is 8.53. The summed E-state index contributed by atoms with van der Waals surface area (Å²) in [6, 6.07) is 7.07. The molecule has 3 nitrogen and oxygen atoms in total. The summed E-state index contributed by atoms with van der Waals surface area (Å²) in [4.78, 5) is 11.1. The van der Waals surface area contributed by atoms with E-state index < -0.39 is 12.6 Å². The van der Waals surface area contributed by atoms with Crippen molar-refractivity contribution in [3.63, 3.8) is 0 Å². The molecule has 0 amide bonds. The van der Waals surface area contributed by atoms with Crippen LogP contribution in [0.2, 0.25) is 0 Å². The zero-order chi connectivity index (χ0) is 11.1. The maximum Gasteiger partial charge on any atom is 0.310 e. The van der Waals surface area contributed by atoms with Crippen LogP contribution in [0, 0.1) is 0 Å². The summed E-state index contributed by atoms with van der Waals surface area (Å²) < 4.78 is 21.3. The number of ether oxygens (including phenoxy) is 2. The molecule has 0 unspecified atom stereocenters. The van der Waals surface area contributed by atoms with E-state index in [4.69, 9.17) is 4.74 Å². The van der Waals surface area contributed by atoms with Crippen LogP contribution in [-0.2, 0) is 16.0 Å². The quantitative estimate of drug-likeness (QED) is 0.697.